The van der Waals surface area contributed by atoms with Gasteiger partial charge < -0.3 is 9.52 Å². The number of rotatable bonds is 4. The minimum atomic E-state index is -0.715. The maximum Gasteiger partial charge on any atom is 0.303 e. The molecule has 16 heavy (non-hydrogen) atoms. The third-order valence-electron chi connectivity index (χ3n) is 2.57. The van der Waals surface area contributed by atoms with Gasteiger partial charge in [-0.15, -0.1) is 0 Å². The lowest BCUT2D eigenvalue weighted by atomic mass is 9.96. The smallest absolute Gasteiger partial charge is 0.303 e. The summed E-state index contributed by atoms with van der Waals surface area (Å²) < 4.78 is 7.06. The van der Waals surface area contributed by atoms with Gasteiger partial charge >= 0.3 is 5.97 Å². The molecule has 0 atom stereocenters. The van der Waals surface area contributed by atoms with E-state index in [0.717, 1.165) is 29.9 Å². The first-order valence-corrected chi connectivity index (χ1v) is 6.51. The highest BCUT2D eigenvalue weighted by molar-refractivity contribution is 9.13. The van der Waals surface area contributed by atoms with E-state index < -0.39 is 5.97 Å². The van der Waals surface area contributed by atoms with Crippen LogP contribution in [0.4, 0.5) is 0 Å². The summed E-state index contributed by atoms with van der Waals surface area (Å²) in [5, 5.41) is 8.62. The molecule has 1 aliphatic rings. The summed E-state index contributed by atoms with van der Waals surface area (Å²) in [4.78, 5) is 12.6. The number of furan rings is 1. The van der Waals surface area contributed by atoms with Crippen LogP contribution in [0.25, 0.3) is 0 Å². The molecule has 1 saturated heterocycles. The first-order chi connectivity index (χ1) is 7.54. The second-order valence-electron chi connectivity index (χ2n) is 3.99. The Bertz CT molecular complexity index is 379. The van der Waals surface area contributed by atoms with Crippen LogP contribution >= 0.6 is 31.9 Å². The predicted molar refractivity (Wildman–Crippen MR) is 65.1 cm³/mol. The van der Waals surface area contributed by atoms with Crippen LogP contribution in [0.5, 0.6) is 0 Å². The summed E-state index contributed by atoms with van der Waals surface area (Å²) in [5.41, 5.74) is 0. The fraction of sp³-hybridized carbons (Fsp3) is 0.500. The van der Waals surface area contributed by atoms with Crippen LogP contribution in [0, 0.1) is 5.92 Å². The molecule has 1 N–H and O–H groups in total. The SMILES string of the molecule is O=C(O)CC1CN(Cc2cc(Br)c(Br)o2)C1. The fourth-order valence-corrected chi connectivity index (χ4v) is 2.53. The highest BCUT2D eigenvalue weighted by atomic mass is 79.9. The van der Waals surface area contributed by atoms with E-state index >= 15 is 0 Å². The average Bonchev–Trinajstić information content (AvgIpc) is 2.42. The Morgan fingerprint density at radius 3 is 2.75 bits per heavy atom. The monoisotopic (exact) mass is 351 g/mol. The Labute approximate surface area is 110 Å². The molecule has 0 bridgehead atoms. The Hall–Kier alpha value is -0.330. The summed E-state index contributed by atoms with van der Waals surface area (Å²) in [5.74, 6) is 0.458. The number of nitrogens with zero attached hydrogens (tertiary/aromatic N) is 1. The van der Waals surface area contributed by atoms with Gasteiger partial charge in [0.2, 0.25) is 0 Å². The Morgan fingerprint density at radius 1 is 1.56 bits per heavy atom. The number of carboxylic acids is 1. The van der Waals surface area contributed by atoms with Crippen LogP contribution in [0.3, 0.4) is 0 Å². The summed E-state index contributed by atoms with van der Waals surface area (Å²) >= 11 is 6.63. The van der Waals surface area contributed by atoms with E-state index in [1.807, 2.05) is 6.07 Å². The minimum Gasteiger partial charge on any atom is -0.481 e. The number of carboxylic acid groups (broad SMARTS) is 1. The maximum atomic E-state index is 10.5. The van der Waals surface area contributed by atoms with Crippen LogP contribution in [0.2, 0.25) is 0 Å². The highest BCUT2D eigenvalue weighted by Crippen LogP contribution is 2.29. The second-order valence-corrected chi connectivity index (χ2v) is 5.57. The molecule has 1 fully saturated rings. The zero-order valence-electron chi connectivity index (χ0n) is 8.45. The van der Waals surface area contributed by atoms with Crippen molar-refractivity contribution >= 4 is 37.8 Å². The van der Waals surface area contributed by atoms with Crippen molar-refractivity contribution in [1.29, 1.82) is 0 Å². The molecule has 0 aliphatic carbocycles. The van der Waals surface area contributed by atoms with Crippen molar-refractivity contribution in [3.63, 3.8) is 0 Å². The number of carbonyl (C=O) groups is 1. The molecule has 0 saturated carbocycles. The molecule has 2 rings (SSSR count). The van der Waals surface area contributed by atoms with Crippen molar-refractivity contribution in [3.05, 3.63) is 21.0 Å². The minimum absolute atomic E-state index is 0.266. The van der Waals surface area contributed by atoms with Gasteiger partial charge in [-0.1, -0.05) is 0 Å². The number of aliphatic carboxylic acids is 1. The molecular weight excluding hydrogens is 342 g/mol. The van der Waals surface area contributed by atoms with E-state index in [1.165, 1.54) is 0 Å². The van der Waals surface area contributed by atoms with Gasteiger partial charge in [0.15, 0.2) is 4.67 Å². The predicted octanol–water partition coefficient (Wildman–Crippen LogP) is 2.71. The van der Waals surface area contributed by atoms with Crippen molar-refractivity contribution in [1.82, 2.24) is 4.90 Å². The van der Waals surface area contributed by atoms with Gasteiger partial charge in [-0.3, -0.25) is 9.69 Å². The Balaban J connectivity index is 1.79. The number of likely N-dealkylation sites (tertiary alicyclic amines) is 1. The van der Waals surface area contributed by atoms with Crippen molar-refractivity contribution in [2.75, 3.05) is 13.1 Å². The fourth-order valence-electron chi connectivity index (χ4n) is 1.87. The van der Waals surface area contributed by atoms with E-state index in [2.05, 4.69) is 36.8 Å². The molecule has 6 heteroatoms. The highest BCUT2D eigenvalue weighted by Gasteiger charge is 2.29. The van der Waals surface area contributed by atoms with Gasteiger partial charge in [0.1, 0.15) is 5.76 Å². The molecule has 1 aromatic heterocycles. The lowest BCUT2D eigenvalue weighted by Gasteiger charge is -2.37. The van der Waals surface area contributed by atoms with Gasteiger partial charge in [0.25, 0.3) is 0 Å². The molecule has 2 heterocycles. The quantitative estimate of drug-likeness (QED) is 0.905. The van der Waals surface area contributed by atoms with Crippen LogP contribution in [0.1, 0.15) is 12.2 Å². The standard InChI is InChI=1S/C10H11Br2NO3/c11-8-2-7(16-10(8)12)5-13-3-6(4-13)1-9(14)15/h2,6H,1,3-5H2,(H,14,15). The third kappa shape index (κ3) is 2.87. The van der Waals surface area contributed by atoms with Gasteiger partial charge in [0.05, 0.1) is 17.4 Å². The summed E-state index contributed by atoms with van der Waals surface area (Å²) in [6.07, 6.45) is 0.266. The van der Waals surface area contributed by atoms with Crippen LogP contribution in [0.15, 0.2) is 19.6 Å². The largest absolute Gasteiger partial charge is 0.481 e. The zero-order chi connectivity index (χ0) is 11.7. The topological polar surface area (TPSA) is 53.7 Å². The van der Waals surface area contributed by atoms with E-state index in [9.17, 15) is 4.79 Å². The Morgan fingerprint density at radius 2 is 2.25 bits per heavy atom. The molecular formula is C10H11Br2NO3. The van der Waals surface area contributed by atoms with Crippen LogP contribution < -0.4 is 0 Å². The molecule has 0 amide bonds. The van der Waals surface area contributed by atoms with E-state index in [0.29, 0.717) is 10.6 Å². The molecule has 0 aromatic carbocycles. The molecule has 1 aliphatic heterocycles. The van der Waals surface area contributed by atoms with Crippen molar-refractivity contribution in [3.8, 4) is 0 Å². The molecule has 0 unspecified atom stereocenters. The maximum absolute atomic E-state index is 10.5. The van der Waals surface area contributed by atoms with Gasteiger partial charge in [-0.05, 0) is 43.8 Å². The normalized spacial score (nSPS) is 17.4. The summed E-state index contributed by atoms with van der Waals surface area (Å²) in [6, 6.07) is 1.93. The van der Waals surface area contributed by atoms with Gasteiger partial charge in [-0.25, -0.2) is 0 Å². The molecule has 4 nitrogen and oxygen atoms in total. The van der Waals surface area contributed by atoms with E-state index in [4.69, 9.17) is 9.52 Å². The summed E-state index contributed by atoms with van der Waals surface area (Å²) in [6.45, 7) is 2.41. The third-order valence-corrected chi connectivity index (χ3v) is 4.28. The van der Waals surface area contributed by atoms with Crippen molar-refractivity contribution < 1.29 is 14.3 Å². The summed E-state index contributed by atoms with van der Waals surface area (Å²) in [7, 11) is 0. The van der Waals surface area contributed by atoms with E-state index in [-0.39, 0.29) is 6.42 Å². The van der Waals surface area contributed by atoms with Crippen LogP contribution in [-0.2, 0) is 11.3 Å². The number of hydrogen-bond acceptors (Lipinski definition) is 3. The molecule has 1 aromatic rings. The molecule has 0 radical (unpaired) electrons. The molecule has 88 valence electrons. The van der Waals surface area contributed by atoms with Crippen molar-refractivity contribution in [2.45, 2.75) is 13.0 Å². The number of halogens is 2. The average molecular weight is 353 g/mol. The van der Waals surface area contributed by atoms with E-state index in [1.54, 1.807) is 0 Å². The first kappa shape index (κ1) is 12.1. The lowest BCUT2D eigenvalue weighted by Crippen LogP contribution is -2.46. The van der Waals surface area contributed by atoms with Crippen molar-refractivity contribution in [2.24, 2.45) is 5.92 Å². The molecule has 0 spiro atoms. The van der Waals surface area contributed by atoms with Crippen LogP contribution in [-0.4, -0.2) is 29.1 Å². The number of hydrogen-bond donors (Lipinski definition) is 1. The first-order valence-electron chi connectivity index (χ1n) is 4.92. The van der Waals surface area contributed by atoms with Gasteiger partial charge in [0, 0.05) is 13.1 Å². The van der Waals surface area contributed by atoms with Gasteiger partial charge in [-0.2, -0.15) is 0 Å². The Kier molecular flexibility index (Phi) is 3.71. The lowest BCUT2D eigenvalue weighted by molar-refractivity contribution is -0.139. The zero-order valence-corrected chi connectivity index (χ0v) is 11.6. The second kappa shape index (κ2) is 4.89.